The first kappa shape index (κ1) is 17.0. The summed E-state index contributed by atoms with van der Waals surface area (Å²) in [5.74, 6) is -15.3. The van der Waals surface area contributed by atoms with Gasteiger partial charge in [-0.15, -0.1) is 0 Å². The standard InChI is InChI=1S/C5HF9O3S/c6-1(2(7)4(10,11)12)3(8,9)5(13,14)18(15,16)17/h(H,15,16,17)/b2-1+. The van der Waals surface area contributed by atoms with Gasteiger partial charge in [0.15, 0.2) is 0 Å². The van der Waals surface area contributed by atoms with Gasteiger partial charge in [0.25, 0.3) is 0 Å². The molecule has 0 heterocycles. The highest BCUT2D eigenvalue weighted by Gasteiger charge is 2.70. The van der Waals surface area contributed by atoms with Crippen molar-refractivity contribution in [3.8, 4) is 0 Å². The lowest BCUT2D eigenvalue weighted by atomic mass is 10.2. The van der Waals surface area contributed by atoms with E-state index in [9.17, 15) is 47.9 Å². The van der Waals surface area contributed by atoms with Crippen LogP contribution in [-0.2, 0) is 10.1 Å². The Bertz CT molecular complexity index is 459. The molecule has 0 saturated heterocycles. The van der Waals surface area contributed by atoms with E-state index >= 15 is 0 Å². The molecule has 13 heteroatoms. The molecule has 0 aliphatic heterocycles. The fourth-order valence-electron chi connectivity index (χ4n) is 0.552. The van der Waals surface area contributed by atoms with Gasteiger partial charge in [-0.25, -0.2) is 4.39 Å². The minimum absolute atomic E-state index is 4.24. The normalized spacial score (nSPS) is 16.6. The van der Waals surface area contributed by atoms with E-state index in [1.54, 1.807) is 0 Å². The lowest BCUT2D eigenvalue weighted by molar-refractivity contribution is -0.158. The maximum absolute atomic E-state index is 12.4. The summed E-state index contributed by atoms with van der Waals surface area (Å²) in [7, 11) is -6.98. The summed E-state index contributed by atoms with van der Waals surface area (Å²) in [6.45, 7) is 0. The van der Waals surface area contributed by atoms with Crippen LogP contribution in [0.1, 0.15) is 0 Å². The molecule has 0 unspecified atom stereocenters. The molecule has 0 atom stereocenters. The van der Waals surface area contributed by atoms with E-state index in [2.05, 4.69) is 0 Å². The molecule has 0 aromatic heterocycles. The number of allylic oxidation sites excluding steroid dienone is 2. The Balaban J connectivity index is 5.99. The van der Waals surface area contributed by atoms with Gasteiger partial charge in [-0.2, -0.15) is 43.5 Å². The van der Waals surface area contributed by atoms with Gasteiger partial charge >= 0.3 is 27.5 Å². The number of rotatable bonds is 3. The molecule has 0 aromatic rings. The molecule has 108 valence electrons. The molecule has 0 bridgehead atoms. The highest BCUT2D eigenvalue weighted by Crippen LogP contribution is 2.47. The molecule has 18 heavy (non-hydrogen) atoms. The molecule has 1 N–H and O–H groups in total. The van der Waals surface area contributed by atoms with E-state index < -0.39 is 39.1 Å². The average molecular weight is 312 g/mol. The van der Waals surface area contributed by atoms with Crippen molar-refractivity contribution in [2.75, 3.05) is 0 Å². The third-order valence-corrected chi connectivity index (χ3v) is 2.31. The Morgan fingerprint density at radius 3 is 1.39 bits per heavy atom. The van der Waals surface area contributed by atoms with E-state index in [1.165, 1.54) is 0 Å². The predicted octanol–water partition coefficient (Wildman–Crippen LogP) is 2.82. The van der Waals surface area contributed by atoms with Crippen molar-refractivity contribution in [1.82, 2.24) is 0 Å². The quantitative estimate of drug-likeness (QED) is 0.644. The number of hydrogen-bond donors (Lipinski definition) is 1. The monoisotopic (exact) mass is 312 g/mol. The van der Waals surface area contributed by atoms with Gasteiger partial charge in [-0.3, -0.25) is 4.55 Å². The van der Waals surface area contributed by atoms with Gasteiger partial charge in [0.05, 0.1) is 0 Å². The lowest BCUT2D eigenvalue weighted by Crippen LogP contribution is -2.48. The van der Waals surface area contributed by atoms with Crippen LogP contribution in [0, 0.1) is 0 Å². The summed E-state index contributed by atoms with van der Waals surface area (Å²) in [6, 6.07) is 0. The summed E-state index contributed by atoms with van der Waals surface area (Å²) < 4.78 is 135. The van der Waals surface area contributed by atoms with Gasteiger partial charge in [-0.05, 0) is 0 Å². The summed E-state index contributed by atoms with van der Waals surface area (Å²) in [6.07, 6.45) is -6.37. The van der Waals surface area contributed by atoms with Gasteiger partial charge < -0.3 is 0 Å². The molecule has 0 rings (SSSR count). The molecule has 0 amide bonds. The molecule has 0 saturated carbocycles. The summed E-state index contributed by atoms with van der Waals surface area (Å²) >= 11 is 0. The molecule has 0 radical (unpaired) electrons. The molecule has 0 aromatic carbocycles. The number of hydrogen-bond acceptors (Lipinski definition) is 2. The highest BCUT2D eigenvalue weighted by atomic mass is 32.2. The summed E-state index contributed by atoms with van der Waals surface area (Å²) in [5, 5.41) is -6.67. The molecular weight excluding hydrogens is 311 g/mol. The van der Waals surface area contributed by atoms with Crippen LogP contribution in [0.15, 0.2) is 11.7 Å². The minimum Gasteiger partial charge on any atom is -0.281 e. The molecule has 0 aliphatic carbocycles. The topological polar surface area (TPSA) is 54.4 Å². The van der Waals surface area contributed by atoms with E-state index in [0.717, 1.165) is 0 Å². The second-order valence-corrected chi connectivity index (χ2v) is 4.15. The van der Waals surface area contributed by atoms with Crippen LogP contribution < -0.4 is 0 Å². The number of alkyl halides is 7. The first-order chi connectivity index (χ1) is 7.57. The van der Waals surface area contributed by atoms with E-state index in [-0.39, 0.29) is 0 Å². The van der Waals surface area contributed by atoms with Crippen molar-refractivity contribution in [3.05, 3.63) is 11.7 Å². The minimum atomic E-state index is -6.98. The molecule has 0 fully saturated rings. The Hall–Kier alpha value is -0.980. The predicted molar refractivity (Wildman–Crippen MR) is 36.7 cm³/mol. The second kappa shape index (κ2) is 4.29. The molecule has 0 aliphatic rings. The third-order valence-electron chi connectivity index (χ3n) is 1.41. The Labute approximate surface area is 92.6 Å². The maximum Gasteiger partial charge on any atom is 0.445 e. The zero-order chi connectivity index (χ0) is 15.2. The van der Waals surface area contributed by atoms with E-state index in [4.69, 9.17) is 4.55 Å². The van der Waals surface area contributed by atoms with Crippen molar-refractivity contribution in [1.29, 1.82) is 0 Å². The Morgan fingerprint density at radius 2 is 1.17 bits per heavy atom. The zero-order valence-electron chi connectivity index (χ0n) is 7.57. The van der Waals surface area contributed by atoms with Gasteiger partial charge in [-0.1, -0.05) is 0 Å². The smallest absolute Gasteiger partial charge is 0.281 e. The second-order valence-electron chi connectivity index (χ2n) is 2.69. The molecule has 0 spiro atoms. The largest absolute Gasteiger partial charge is 0.445 e. The average Bonchev–Trinajstić information content (AvgIpc) is 2.11. The van der Waals surface area contributed by atoms with Crippen LogP contribution in [-0.4, -0.2) is 30.3 Å². The first-order valence-corrected chi connectivity index (χ1v) is 4.86. The van der Waals surface area contributed by atoms with Gasteiger partial charge in [0.2, 0.25) is 11.7 Å². The van der Waals surface area contributed by atoms with Gasteiger partial charge in [0.1, 0.15) is 0 Å². The lowest BCUT2D eigenvalue weighted by Gasteiger charge is -2.22. The fourth-order valence-corrected chi connectivity index (χ4v) is 0.966. The van der Waals surface area contributed by atoms with Crippen molar-refractivity contribution >= 4 is 10.1 Å². The van der Waals surface area contributed by atoms with E-state index in [0.29, 0.717) is 0 Å². The SMILES string of the molecule is O=S(=O)(O)C(F)(F)C(F)(F)/C(F)=C(\F)C(F)(F)F. The van der Waals surface area contributed by atoms with Gasteiger partial charge in [0, 0.05) is 0 Å². The van der Waals surface area contributed by atoms with Crippen LogP contribution in [0.2, 0.25) is 0 Å². The molecule has 3 nitrogen and oxygen atoms in total. The zero-order valence-corrected chi connectivity index (χ0v) is 8.39. The summed E-state index contributed by atoms with van der Waals surface area (Å²) in [4.78, 5) is 0. The van der Waals surface area contributed by atoms with Crippen LogP contribution in [0.5, 0.6) is 0 Å². The van der Waals surface area contributed by atoms with Crippen molar-refractivity contribution in [2.24, 2.45) is 0 Å². The Kier molecular flexibility index (Phi) is 4.06. The third kappa shape index (κ3) is 2.71. The number of halogens is 9. The van der Waals surface area contributed by atoms with Crippen LogP contribution in [0.4, 0.5) is 39.5 Å². The van der Waals surface area contributed by atoms with Crippen LogP contribution in [0.3, 0.4) is 0 Å². The Morgan fingerprint density at radius 1 is 0.833 bits per heavy atom. The van der Waals surface area contributed by atoms with E-state index in [1.807, 2.05) is 0 Å². The van der Waals surface area contributed by atoms with Crippen molar-refractivity contribution in [3.63, 3.8) is 0 Å². The first-order valence-electron chi connectivity index (χ1n) is 3.42. The highest BCUT2D eigenvalue weighted by molar-refractivity contribution is 7.87. The van der Waals surface area contributed by atoms with Crippen LogP contribution in [0.25, 0.3) is 0 Å². The van der Waals surface area contributed by atoms with Crippen molar-refractivity contribution < 1.29 is 52.5 Å². The molecular formula is C5HF9O3S. The summed E-state index contributed by atoms with van der Waals surface area (Å²) in [5.41, 5.74) is 0. The fraction of sp³-hybridized carbons (Fsp3) is 0.600. The van der Waals surface area contributed by atoms with Crippen LogP contribution >= 0.6 is 0 Å². The van der Waals surface area contributed by atoms with Crippen molar-refractivity contribution in [2.45, 2.75) is 17.4 Å². The maximum atomic E-state index is 12.4.